The second-order valence-electron chi connectivity index (χ2n) is 6.02. The molecule has 0 radical (unpaired) electrons. The third-order valence-electron chi connectivity index (χ3n) is 4.76. The van der Waals surface area contributed by atoms with E-state index >= 15 is 0 Å². The van der Waals surface area contributed by atoms with Crippen molar-refractivity contribution in [3.63, 3.8) is 0 Å². The van der Waals surface area contributed by atoms with Gasteiger partial charge in [-0.25, -0.2) is 4.89 Å². The summed E-state index contributed by atoms with van der Waals surface area (Å²) < 4.78 is 28.2. The molecule has 0 aromatic heterocycles. The van der Waals surface area contributed by atoms with E-state index in [0.29, 0.717) is 12.8 Å². The molecule has 0 aromatic carbocycles. The van der Waals surface area contributed by atoms with Crippen LogP contribution in [0, 0.1) is 16.7 Å². The second-order valence-corrected chi connectivity index (χ2v) is 7.56. The van der Waals surface area contributed by atoms with E-state index in [1.807, 2.05) is 27.7 Å². The summed E-state index contributed by atoms with van der Waals surface area (Å²) in [4.78, 5) is 16.7. The number of carbonyl (C=O) groups is 1. The summed E-state index contributed by atoms with van der Waals surface area (Å²) in [7, 11) is -2.72. The number of hydrogen-bond acceptors (Lipinski definition) is 5. The Labute approximate surface area is 115 Å². The maximum atomic E-state index is 12.4. The lowest BCUT2D eigenvalue weighted by atomic mass is 9.63. The number of hydrogen-bond donors (Lipinski definition) is 0. The maximum absolute atomic E-state index is 12.4. The third kappa shape index (κ3) is 2.85. The fraction of sp³-hybridized carbons (Fsp3) is 0.923. The largest absolute Gasteiger partial charge is 0.299 e. The molecular formula is C13H24O5S. The summed E-state index contributed by atoms with van der Waals surface area (Å²) in [5.41, 5.74) is -1.25. The highest BCUT2D eigenvalue weighted by Crippen LogP contribution is 2.56. The van der Waals surface area contributed by atoms with Gasteiger partial charge in [-0.3, -0.25) is 4.79 Å². The molecule has 0 heterocycles. The first-order valence-corrected chi connectivity index (χ1v) is 8.19. The van der Waals surface area contributed by atoms with Gasteiger partial charge >= 0.3 is 0 Å². The second kappa shape index (κ2) is 5.50. The number of ketones is 1. The van der Waals surface area contributed by atoms with Crippen molar-refractivity contribution in [1.82, 2.24) is 0 Å². The highest BCUT2D eigenvalue weighted by atomic mass is 32.2. The Balaban J connectivity index is 3.21. The average molecular weight is 292 g/mol. The molecule has 0 spiro atoms. The van der Waals surface area contributed by atoms with Crippen LogP contribution in [-0.2, 0) is 24.1 Å². The van der Waals surface area contributed by atoms with E-state index in [9.17, 15) is 13.2 Å². The molecular weight excluding hydrogens is 268 g/mol. The lowest BCUT2D eigenvalue weighted by Gasteiger charge is -2.41. The summed E-state index contributed by atoms with van der Waals surface area (Å²) in [6, 6.07) is 0. The fourth-order valence-corrected chi connectivity index (χ4v) is 4.75. The van der Waals surface area contributed by atoms with Crippen LogP contribution in [0.5, 0.6) is 0 Å². The van der Waals surface area contributed by atoms with Gasteiger partial charge in [0, 0.05) is 6.42 Å². The van der Waals surface area contributed by atoms with Crippen molar-refractivity contribution in [3.05, 3.63) is 0 Å². The minimum absolute atomic E-state index is 0.0233. The third-order valence-corrected chi connectivity index (χ3v) is 5.95. The zero-order chi connectivity index (χ0) is 14.9. The Morgan fingerprint density at radius 2 is 1.95 bits per heavy atom. The molecule has 2 unspecified atom stereocenters. The molecule has 1 aliphatic rings. The van der Waals surface area contributed by atoms with Gasteiger partial charge in [-0.1, -0.05) is 34.1 Å². The quantitative estimate of drug-likeness (QED) is 0.555. The van der Waals surface area contributed by atoms with Crippen LogP contribution in [0.15, 0.2) is 0 Å². The van der Waals surface area contributed by atoms with Crippen LogP contribution in [0.25, 0.3) is 0 Å². The summed E-state index contributed by atoms with van der Waals surface area (Å²) in [6.07, 6.45) is 1.73. The Morgan fingerprint density at radius 1 is 1.37 bits per heavy atom. The summed E-state index contributed by atoms with van der Waals surface area (Å²) >= 11 is 0. The normalized spacial score (nSPS) is 30.8. The van der Waals surface area contributed by atoms with E-state index in [1.165, 1.54) is 0 Å². The fourth-order valence-electron chi connectivity index (χ4n) is 3.22. The Hall–Kier alpha value is -0.460. The van der Waals surface area contributed by atoms with Crippen molar-refractivity contribution < 1.29 is 22.4 Å². The van der Waals surface area contributed by atoms with Crippen molar-refractivity contribution in [2.45, 2.75) is 47.0 Å². The summed E-state index contributed by atoms with van der Waals surface area (Å²) in [5, 5.41) is 0. The Bertz CT molecular complexity index is 440. The summed E-state index contributed by atoms with van der Waals surface area (Å²) in [6.45, 7) is 7.90. The zero-order valence-electron chi connectivity index (χ0n) is 12.4. The van der Waals surface area contributed by atoms with Crippen LogP contribution in [-0.4, -0.2) is 27.1 Å². The molecule has 0 saturated heterocycles. The molecule has 6 heteroatoms. The molecule has 0 N–H and O–H groups in total. The lowest BCUT2D eigenvalue weighted by molar-refractivity contribution is -0.173. The van der Waals surface area contributed by atoms with Crippen LogP contribution in [0.3, 0.4) is 0 Å². The van der Waals surface area contributed by atoms with Gasteiger partial charge in [-0.05, 0) is 17.8 Å². The van der Waals surface area contributed by atoms with Crippen molar-refractivity contribution in [3.8, 4) is 0 Å². The highest BCUT2D eigenvalue weighted by Gasteiger charge is 2.59. The molecule has 0 aliphatic heterocycles. The van der Waals surface area contributed by atoms with Gasteiger partial charge in [0.25, 0.3) is 10.1 Å². The molecule has 0 amide bonds. The minimum atomic E-state index is -3.87. The van der Waals surface area contributed by atoms with Crippen LogP contribution < -0.4 is 0 Å². The molecule has 1 aliphatic carbocycles. The van der Waals surface area contributed by atoms with Crippen molar-refractivity contribution in [2.75, 3.05) is 12.9 Å². The highest BCUT2D eigenvalue weighted by molar-refractivity contribution is 7.86. The van der Waals surface area contributed by atoms with Crippen LogP contribution in [0.1, 0.15) is 47.0 Å². The standard InChI is InChI=1S/C13H24O5S/c1-6-7-13(9-19(15,16)18-17-5)11(14)8-10(2)12(13,3)4/h10H,6-9H2,1-5H3. The number of Topliss-reactive ketones (excluding diaryl/α,β-unsaturated/α-hetero) is 1. The van der Waals surface area contributed by atoms with Gasteiger partial charge in [0.2, 0.25) is 0 Å². The van der Waals surface area contributed by atoms with Gasteiger partial charge in [0.15, 0.2) is 0 Å². The van der Waals surface area contributed by atoms with Gasteiger partial charge in [-0.2, -0.15) is 8.42 Å². The van der Waals surface area contributed by atoms with E-state index in [2.05, 4.69) is 9.22 Å². The first kappa shape index (κ1) is 16.6. The molecule has 1 rings (SSSR count). The molecule has 112 valence electrons. The zero-order valence-corrected chi connectivity index (χ0v) is 13.2. The first-order chi connectivity index (χ1) is 8.63. The van der Waals surface area contributed by atoms with E-state index in [1.54, 1.807) is 0 Å². The van der Waals surface area contributed by atoms with E-state index in [0.717, 1.165) is 13.5 Å². The van der Waals surface area contributed by atoms with E-state index in [4.69, 9.17) is 0 Å². The number of rotatable bonds is 6. The van der Waals surface area contributed by atoms with Crippen LogP contribution in [0.2, 0.25) is 0 Å². The van der Waals surface area contributed by atoms with Gasteiger partial charge < -0.3 is 0 Å². The smallest absolute Gasteiger partial charge is 0.294 e. The predicted molar refractivity (Wildman–Crippen MR) is 71.8 cm³/mol. The first-order valence-electron chi connectivity index (χ1n) is 6.61. The topological polar surface area (TPSA) is 69.7 Å². The SMILES string of the molecule is CCCC1(CS(=O)(=O)OOC)C(=O)CC(C)C1(C)C. The minimum Gasteiger partial charge on any atom is -0.299 e. The van der Waals surface area contributed by atoms with Crippen molar-refractivity contribution in [2.24, 2.45) is 16.7 Å². The van der Waals surface area contributed by atoms with Crippen molar-refractivity contribution in [1.29, 1.82) is 0 Å². The maximum Gasteiger partial charge on any atom is 0.294 e. The predicted octanol–water partition coefficient (Wildman–Crippen LogP) is 2.32. The van der Waals surface area contributed by atoms with Gasteiger partial charge in [-0.15, -0.1) is 4.33 Å². The van der Waals surface area contributed by atoms with Gasteiger partial charge in [0.1, 0.15) is 5.78 Å². The number of carbonyl (C=O) groups excluding carboxylic acids is 1. The van der Waals surface area contributed by atoms with Crippen molar-refractivity contribution >= 4 is 15.9 Å². The Morgan fingerprint density at radius 3 is 2.32 bits per heavy atom. The summed E-state index contributed by atoms with van der Waals surface area (Å²) in [5.74, 6) is -0.128. The van der Waals surface area contributed by atoms with E-state index in [-0.39, 0.29) is 22.9 Å². The van der Waals surface area contributed by atoms with Gasteiger partial charge in [0.05, 0.1) is 18.3 Å². The Kier molecular flexibility index (Phi) is 4.80. The lowest BCUT2D eigenvalue weighted by Crippen LogP contribution is -2.45. The molecule has 0 bridgehead atoms. The van der Waals surface area contributed by atoms with Crippen LogP contribution >= 0.6 is 0 Å². The molecule has 1 saturated carbocycles. The molecule has 2 atom stereocenters. The van der Waals surface area contributed by atoms with Crippen LogP contribution in [0.4, 0.5) is 0 Å². The van der Waals surface area contributed by atoms with E-state index < -0.39 is 15.5 Å². The molecule has 19 heavy (non-hydrogen) atoms. The molecule has 5 nitrogen and oxygen atoms in total. The molecule has 0 aromatic rings. The average Bonchev–Trinajstić information content (AvgIpc) is 2.40. The molecule has 1 fully saturated rings. The monoisotopic (exact) mass is 292 g/mol.